The van der Waals surface area contributed by atoms with Crippen LogP contribution in [0.4, 0.5) is 8.78 Å². The molecule has 206 valence electrons. The molecule has 0 spiro atoms. The quantitative estimate of drug-likeness (QED) is 0.241. The molecule has 0 unspecified atom stereocenters. The van der Waals surface area contributed by atoms with Gasteiger partial charge >= 0.3 is 19.1 Å². The van der Waals surface area contributed by atoms with Crippen molar-refractivity contribution in [2.75, 3.05) is 14.2 Å². The summed E-state index contributed by atoms with van der Waals surface area (Å²) in [6.45, 7) is 19.3. The average Bonchev–Trinajstić information content (AvgIpc) is 3.07. The maximum absolute atomic E-state index is 13.1. The van der Waals surface area contributed by atoms with E-state index < -0.39 is 23.6 Å². The van der Waals surface area contributed by atoms with Crippen molar-refractivity contribution in [3.05, 3.63) is 76.2 Å². The van der Waals surface area contributed by atoms with Crippen molar-refractivity contribution in [2.45, 2.75) is 52.7 Å². The van der Waals surface area contributed by atoms with Gasteiger partial charge in [-0.05, 0) is 75.2 Å². The Labute approximate surface area is 230 Å². The Morgan fingerprint density at radius 2 is 1.32 bits per heavy atom. The number of methoxy groups -OCH3 is 2. The minimum atomic E-state index is -0.715. The number of carbonyl (C=O) groups excluding carboxylic acids is 2. The van der Waals surface area contributed by atoms with Crippen LogP contribution in [0.3, 0.4) is 0 Å². The molecule has 1 aliphatic rings. The van der Waals surface area contributed by atoms with Crippen molar-refractivity contribution in [3.8, 4) is 0 Å². The zero-order valence-electron chi connectivity index (χ0n) is 22.8. The molecule has 38 heavy (non-hydrogen) atoms. The highest BCUT2D eigenvalue weighted by Gasteiger charge is 2.51. The van der Waals surface area contributed by atoms with E-state index in [1.807, 2.05) is 34.6 Å². The van der Waals surface area contributed by atoms with Crippen LogP contribution in [-0.2, 0) is 18.8 Å². The smallest absolute Gasteiger partial charge is 0.465 e. The Kier molecular flexibility index (Phi) is 11.9. The Morgan fingerprint density at radius 3 is 1.68 bits per heavy atom. The molecule has 12 heteroatoms. The van der Waals surface area contributed by atoms with Crippen LogP contribution in [0.2, 0.25) is 0 Å². The van der Waals surface area contributed by atoms with E-state index in [1.165, 1.54) is 26.4 Å². The lowest BCUT2D eigenvalue weighted by atomic mass is 9.81. The third kappa shape index (κ3) is 8.81. The Bertz CT molecular complexity index is 1190. The van der Waals surface area contributed by atoms with Crippen LogP contribution in [0.1, 0.15) is 68.0 Å². The molecule has 0 atom stereocenters. The number of aromatic nitrogens is 2. The molecule has 1 fully saturated rings. The predicted octanol–water partition coefficient (Wildman–Crippen LogP) is 6.00. The van der Waals surface area contributed by atoms with Crippen molar-refractivity contribution in [1.82, 2.24) is 9.97 Å². The number of hydrogen-bond donors (Lipinski definition) is 0. The van der Waals surface area contributed by atoms with Crippen molar-refractivity contribution >= 4 is 40.6 Å². The zero-order chi connectivity index (χ0) is 29.4. The summed E-state index contributed by atoms with van der Waals surface area (Å²) >= 11 is 3.01. The van der Waals surface area contributed by atoms with Crippen molar-refractivity contribution in [2.24, 2.45) is 0 Å². The van der Waals surface area contributed by atoms with Crippen LogP contribution < -0.4 is 0 Å². The first-order valence-electron chi connectivity index (χ1n) is 11.3. The van der Waals surface area contributed by atoms with Gasteiger partial charge in [0.05, 0.1) is 54.6 Å². The third-order valence-electron chi connectivity index (χ3n) is 5.58. The Morgan fingerprint density at radius 1 is 0.895 bits per heavy atom. The number of ether oxygens (including phenoxy) is 2. The Hall–Kier alpha value is -2.96. The fraction of sp³-hybridized carbons (Fsp3) is 0.385. The molecule has 3 heterocycles. The van der Waals surface area contributed by atoms with Gasteiger partial charge in [0.1, 0.15) is 4.60 Å². The second-order valence-electron chi connectivity index (χ2n) is 9.23. The molecule has 0 bridgehead atoms. The first kappa shape index (κ1) is 33.1. The first-order valence-corrected chi connectivity index (χ1v) is 12.1. The summed E-state index contributed by atoms with van der Waals surface area (Å²) < 4.78 is 46.5. The molecule has 0 amide bonds. The lowest BCUT2D eigenvalue weighted by molar-refractivity contribution is 0.00578. The van der Waals surface area contributed by atoms with Gasteiger partial charge in [0.2, 0.25) is 0 Å². The van der Waals surface area contributed by atoms with Crippen LogP contribution >= 0.6 is 15.9 Å². The van der Waals surface area contributed by atoms with Crippen LogP contribution in [0.25, 0.3) is 5.57 Å². The monoisotopic (exact) mass is 596 g/mol. The highest BCUT2D eigenvalue weighted by molar-refractivity contribution is 9.10. The molecule has 0 radical (unpaired) electrons. The summed E-state index contributed by atoms with van der Waals surface area (Å²) in [4.78, 5) is 29.3. The van der Waals surface area contributed by atoms with Crippen LogP contribution in [0.15, 0.2) is 47.8 Å². The third-order valence-corrected chi connectivity index (χ3v) is 6.01. The van der Waals surface area contributed by atoms with Crippen LogP contribution in [0, 0.1) is 11.6 Å². The molecule has 0 aromatic carbocycles. The number of esters is 2. The maximum Gasteiger partial charge on any atom is 0.489 e. The van der Waals surface area contributed by atoms with Crippen molar-refractivity contribution in [3.63, 3.8) is 0 Å². The van der Waals surface area contributed by atoms with Gasteiger partial charge in [-0.2, -0.15) is 0 Å². The van der Waals surface area contributed by atoms with Crippen LogP contribution in [0.5, 0.6) is 0 Å². The van der Waals surface area contributed by atoms with Gasteiger partial charge < -0.3 is 18.8 Å². The van der Waals surface area contributed by atoms with E-state index in [2.05, 4.69) is 48.5 Å². The molecule has 8 nitrogen and oxygen atoms in total. The summed E-state index contributed by atoms with van der Waals surface area (Å²) in [7, 11) is 2.15. The number of pyridine rings is 2. The second-order valence-corrected chi connectivity index (χ2v) is 10.0. The zero-order valence-corrected chi connectivity index (χ0v) is 24.4. The molecule has 0 aliphatic carbocycles. The van der Waals surface area contributed by atoms with Gasteiger partial charge in [0.15, 0.2) is 11.6 Å². The lowest BCUT2D eigenvalue weighted by Gasteiger charge is -2.32. The number of nitrogens with zero attached hydrogens (tertiary/aromatic N) is 2. The van der Waals surface area contributed by atoms with E-state index in [-0.39, 0.29) is 29.4 Å². The standard InChI is InChI=1S/C10H10FNO2.C9H17BO2.C7H5BrFNO2/c1-6(2)9-4-7(10(13)14-3)8(11)5-12-9;1-7(2)10-11-8(3,4)9(5,6)12-10;1-12-7(11)4-2-6(8)10-3-5(4)9/h4-5H,1H2,2-3H3;1H2,2-6H3;2-3H,1H3. The molecule has 1 saturated heterocycles. The average molecular weight is 597 g/mol. The largest absolute Gasteiger partial charge is 0.489 e. The highest BCUT2D eigenvalue weighted by atomic mass is 79.9. The van der Waals surface area contributed by atoms with E-state index in [9.17, 15) is 18.4 Å². The van der Waals surface area contributed by atoms with E-state index in [0.29, 0.717) is 15.9 Å². The van der Waals surface area contributed by atoms with E-state index in [4.69, 9.17) is 9.31 Å². The summed E-state index contributed by atoms with van der Waals surface area (Å²) in [5.41, 5.74) is 1.34. The molecule has 0 saturated carbocycles. The van der Waals surface area contributed by atoms with Crippen molar-refractivity contribution < 1.29 is 37.2 Å². The molecular weight excluding hydrogens is 565 g/mol. The number of carbonyl (C=O) groups is 2. The first-order chi connectivity index (χ1) is 17.5. The SMILES string of the molecule is C=C(C)B1OC(C)(C)C(C)(C)O1.C=C(C)c1cc(C(=O)OC)c(F)cn1.COC(=O)c1cc(Br)ncc1F. The van der Waals surface area contributed by atoms with Gasteiger partial charge in [-0.15, -0.1) is 6.58 Å². The Balaban J connectivity index is 0.000000286. The number of hydrogen-bond acceptors (Lipinski definition) is 8. The molecule has 2 aromatic rings. The maximum atomic E-state index is 13.1. The highest BCUT2D eigenvalue weighted by Crippen LogP contribution is 2.38. The van der Waals surface area contributed by atoms with Gasteiger partial charge in [0, 0.05) is 0 Å². The summed E-state index contributed by atoms with van der Waals surface area (Å²) in [5.74, 6) is -2.81. The van der Waals surface area contributed by atoms with Gasteiger partial charge in [-0.1, -0.05) is 12.1 Å². The van der Waals surface area contributed by atoms with Crippen LogP contribution in [-0.4, -0.2) is 54.4 Å². The van der Waals surface area contributed by atoms with Gasteiger partial charge in [0.25, 0.3) is 0 Å². The van der Waals surface area contributed by atoms with Crippen molar-refractivity contribution in [1.29, 1.82) is 0 Å². The number of allylic oxidation sites excluding steroid dienone is 2. The molecule has 3 rings (SSSR count). The normalized spacial score (nSPS) is 14.8. The summed E-state index contributed by atoms with van der Waals surface area (Å²) in [6.07, 6.45) is 1.94. The lowest BCUT2D eigenvalue weighted by Crippen LogP contribution is -2.41. The minimum Gasteiger partial charge on any atom is -0.465 e. The molecule has 1 aliphatic heterocycles. The van der Waals surface area contributed by atoms with E-state index in [1.54, 1.807) is 6.92 Å². The number of rotatable bonds is 4. The van der Waals surface area contributed by atoms with Gasteiger partial charge in [-0.25, -0.2) is 23.4 Å². The van der Waals surface area contributed by atoms with Gasteiger partial charge in [-0.3, -0.25) is 4.98 Å². The second kappa shape index (κ2) is 13.7. The summed E-state index contributed by atoms with van der Waals surface area (Å²) in [5, 5.41) is 0. The van der Waals surface area contributed by atoms with E-state index >= 15 is 0 Å². The summed E-state index contributed by atoms with van der Waals surface area (Å²) in [6, 6.07) is 2.59. The molecule has 0 N–H and O–H groups in total. The molecule has 2 aromatic heterocycles. The fourth-order valence-electron chi connectivity index (χ4n) is 2.66. The predicted molar refractivity (Wildman–Crippen MR) is 144 cm³/mol. The number of halogens is 3. The fourth-order valence-corrected chi connectivity index (χ4v) is 2.99. The van der Waals surface area contributed by atoms with E-state index in [0.717, 1.165) is 17.9 Å². The molecular formula is C26H32BBrF2N2O6. The topological polar surface area (TPSA) is 96.8 Å². The minimum absolute atomic E-state index is 0.125.